The molecule has 9 heteroatoms. The fraction of sp³-hybridized carbons (Fsp3) is 0.188. The molecule has 130 valence electrons. The van der Waals surface area contributed by atoms with Crippen molar-refractivity contribution in [3.63, 3.8) is 0 Å². The highest BCUT2D eigenvalue weighted by atomic mass is 35.5. The number of hydrogen-bond donors (Lipinski definition) is 1. The smallest absolute Gasteiger partial charge is 0.419 e. The maximum atomic E-state index is 11.9. The average Bonchev–Trinajstić information content (AvgIpc) is 2.86. The van der Waals surface area contributed by atoms with Crippen LogP contribution >= 0.6 is 23.2 Å². The Morgan fingerprint density at radius 1 is 1.32 bits per heavy atom. The molecule has 0 saturated carbocycles. The Morgan fingerprint density at radius 3 is 2.80 bits per heavy atom. The Morgan fingerprint density at radius 2 is 2.12 bits per heavy atom. The third kappa shape index (κ3) is 3.94. The average molecular weight is 383 g/mol. The number of carbonyl (C=O) groups is 1. The van der Waals surface area contributed by atoms with Crippen molar-refractivity contribution in [1.29, 1.82) is 0 Å². The zero-order valence-electron chi connectivity index (χ0n) is 12.7. The predicted octanol–water partition coefficient (Wildman–Crippen LogP) is 3.35. The number of pyridine rings is 1. The summed E-state index contributed by atoms with van der Waals surface area (Å²) in [6.07, 6.45) is 1.30. The van der Waals surface area contributed by atoms with E-state index in [0.717, 1.165) is 0 Å². The highest BCUT2D eigenvalue weighted by Crippen LogP contribution is 2.30. The Bertz CT molecular complexity index is 979. The molecule has 0 amide bonds. The van der Waals surface area contributed by atoms with Crippen molar-refractivity contribution in [3.8, 4) is 5.75 Å². The second-order valence-electron chi connectivity index (χ2n) is 5.17. The summed E-state index contributed by atoms with van der Waals surface area (Å²) in [6, 6.07) is 6.41. The number of carboxylic acids is 1. The number of nitrogens with zero attached hydrogens (tertiary/aromatic N) is 2. The van der Waals surface area contributed by atoms with Crippen molar-refractivity contribution >= 4 is 40.3 Å². The van der Waals surface area contributed by atoms with E-state index in [-0.39, 0.29) is 30.2 Å². The van der Waals surface area contributed by atoms with Crippen LogP contribution in [0.3, 0.4) is 0 Å². The maximum absolute atomic E-state index is 11.9. The van der Waals surface area contributed by atoms with Crippen LogP contribution in [-0.4, -0.2) is 20.6 Å². The topological polar surface area (TPSA) is 94.6 Å². The number of oxazole rings is 1. The minimum Gasteiger partial charge on any atom is -0.486 e. The molecule has 25 heavy (non-hydrogen) atoms. The summed E-state index contributed by atoms with van der Waals surface area (Å²) < 4.78 is 12.0. The number of ether oxygens (including phenoxy) is 1. The van der Waals surface area contributed by atoms with E-state index in [2.05, 4.69) is 4.98 Å². The zero-order valence-corrected chi connectivity index (χ0v) is 14.3. The number of halogens is 2. The van der Waals surface area contributed by atoms with Gasteiger partial charge in [0.15, 0.2) is 5.58 Å². The summed E-state index contributed by atoms with van der Waals surface area (Å²) in [5.41, 5.74) is 1.33. The van der Waals surface area contributed by atoms with Gasteiger partial charge in [0, 0.05) is 18.8 Å². The normalized spacial score (nSPS) is 11.0. The Kier molecular flexibility index (Phi) is 4.96. The first-order chi connectivity index (χ1) is 11.9. The van der Waals surface area contributed by atoms with Gasteiger partial charge in [0.1, 0.15) is 12.4 Å². The molecule has 0 atom stereocenters. The van der Waals surface area contributed by atoms with Gasteiger partial charge in [-0.25, -0.2) is 4.79 Å². The predicted molar refractivity (Wildman–Crippen MR) is 91.3 cm³/mol. The molecule has 0 unspecified atom stereocenters. The Hall–Kier alpha value is -2.51. The van der Waals surface area contributed by atoms with Gasteiger partial charge >= 0.3 is 11.7 Å². The van der Waals surface area contributed by atoms with Crippen LogP contribution in [0.4, 0.5) is 0 Å². The van der Waals surface area contributed by atoms with Gasteiger partial charge in [-0.3, -0.25) is 14.3 Å². The fourth-order valence-electron chi connectivity index (χ4n) is 2.24. The molecular formula is C16H12Cl2N2O5. The molecule has 0 radical (unpaired) electrons. The molecule has 3 rings (SSSR count). The quantitative estimate of drug-likeness (QED) is 0.702. The van der Waals surface area contributed by atoms with Crippen LogP contribution in [0.15, 0.2) is 39.7 Å². The number of carboxylic acid groups (broad SMARTS) is 1. The van der Waals surface area contributed by atoms with Crippen LogP contribution in [-0.2, 0) is 17.9 Å². The van der Waals surface area contributed by atoms with Crippen molar-refractivity contribution < 1.29 is 19.1 Å². The first-order valence-corrected chi connectivity index (χ1v) is 7.97. The van der Waals surface area contributed by atoms with E-state index in [9.17, 15) is 9.59 Å². The summed E-state index contributed by atoms with van der Waals surface area (Å²) in [6.45, 7) is 0.152. The van der Waals surface area contributed by atoms with Crippen LogP contribution in [0.1, 0.15) is 12.1 Å². The van der Waals surface area contributed by atoms with Gasteiger partial charge < -0.3 is 14.3 Å². The zero-order chi connectivity index (χ0) is 18.0. The molecule has 7 nitrogen and oxygen atoms in total. The Labute approximate surface area is 151 Å². The van der Waals surface area contributed by atoms with E-state index in [1.807, 2.05) is 0 Å². The van der Waals surface area contributed by atoms with Gasteiger partial charge in [0.05, 0.1) is 27.7 Å². The molecule has 0 aliphatic heterocycles. The van der Waals surface area contributed by atoms with Gasteiger partial charge in [-0.2, -0.15) is 0 Å². The number of aliphatic carboxylic acids is 1. The third-order valence-corrected chi connectivity index (χ3v) is 3.95. The SMILES string of the molecule is O=C(O)CCn1c(=O)oc2cc(OCc3ccc(Cl)cn3)c(Cl)cc21. The third-order valence-electron chi connectivity index (χ3n) is 3.44. The summed E-state index contributed by atoms with van der Waals surface area (Å²) >= 11 is 12.0. The van der Waals surface area contributed by atoms with E-state index in [0.29, 0.717) is 22.0 Å². The lowest BCUT2D eigenvalue weighted by Crippen LogP contribution is -2.16. The number of rotatable bonds is 6. The second kappa shape index (κ2) is 7.16. The van der Waals surface area contributed by atoms with Crippen molar-refractivity contribution in [3.05, 3.63) is 56.8 Å². The standard InChI is InChI=1S/C16H12Cl2N2O5/c17-9-1-2-10(19-7-9)8-24-13-6-14-12(5-11(13)18)20(16(23)25-14)4-3-15(21)22/h1-2,5-7H,3-4,8H2,(H,21,22). The van der Waals surface area contributed by atoms with Crippen molar-refractivity contribution in [2.45, 2.75) is 19.6 Å². The van der Waals surface area contributed by atoms with Crippen LogP contribution in [0, 0.1) is 0 Å². The Balaban J connectivity index is 1.85. The summed E-state index contributed by atoms with van der Waals surface area (Å²) in [7, 11) is 0. The molecule has 0 spiro atoms. The lowest BCUT2D eigenvalue weighted by atomic mass is 10.3. The van der Waals surface area contributed by atoms with Crippen LogP contribution < -0.4 is 10.5 Å². The van der Waals surface area contributed by atoms with Gasteiger partial charge in [0.25, 0.3) is 0 Å². The van der Waals surface area contributed by atoms with Crippen LogP contribution in [0.25, 0.3) is 11.1 Å². The number of hydrogen-bond acceptors (Lipinski definition) is 5. The molecule has 0 aliphatic carbocycles. The summed E-state index contributed by atoms with van der Waals surface area (Å²) in [4.78, 5) is 26.7. The van der Waals surface area contributed by atoms with Crippen LogP contribution in [0.2, 0.25) is 10.0 Å². The summed E-state index contributed by atoms with van der Waals surface area (Å²) in [5, 5.41) is 9.55. The fourth-order valence-corrected chi connectivity index (χ4v) is 2.56. The number of benzene rings is 1. The van der Waals surface area contributed by atoms with Gasteiger partial charge in [-0.1, -0.05) is 23.2 Å². The first kappa shape index (κ1) is 17.3. The molecular weight excluding hydrogens is 371 g/mol. The van der Waals surface area contributed by atoms with Gasteiger partial charge in [0.2, 0.25) is 0 Å². The number of fused-ring (bicyclic) bond motifs is 1. The van der Waals surface area contributed by atoms with Gasteiger partial charge in [-0.15, -0.1) is 0 Å². The minimum atomic E-state index is -1.01. The van der Waals surface area contributed by atoms with Crippen molar-refractivity contribution in [2.24, 2.45) is 0 Å². The van der Waals surface area contributed by atoms with E-state index in [1.54, 1.807) is 12.1 Å². The molecule has 3 aromatic rings. The van der Waals surface area contributed by atoms with Crippen LogP contribution in [0.5, 0.6) is 5.75 Å². The highest BCUT2D eigenvalue weighted by Gasteiger charge is 2.14. The molecule has 0 fully saturated rings. The maximum Gasteiger partial charge on any atom is 0.419 e. The highest BCUT2D eigenvalue weighted by molar-refractivity contribution is 6.32. The first-order valence-electron chi connectivity index (χ1n) is 7.22. The van der Waals surface area contributed by atoms with E-state index < -0.39 is 11.7 Å². The molecule has 0 bridgehead atoms. The van der Waals surface area contributed by atoms with Crippen molar-refractivity contribution in [2.75, 3.05) is 0 Å². The largest absolute Gasteiger partial charge is 0.486 e. The van der Waals surface area contributed by atoms with E-state index in [1.165, 1.54) is 22.9 Å². The molecule has 2 heterocycles. The molecule has 1 aromatic carbocycles. The molecule has 1 N–H and O–H groups in total. The second-order valence-corrected chi connectivity index (χ2v) is 6.01. The van der Waals surface area contributed by atoms with E-state index in [4.69, 9.17) is 37.5 Å². The monoisotopic (exact) mass is 382 g/mol. The van der Waals surface area contributed by atoms with Gasteiger partial charge in [-0.05, 0) is 18.2 Å². The molecule has 0 saturated heterocycles. The van der Waals surface area contributed by atoms with E-state index >= 15 is 0 Å². The number of aryl methyl sites for hydroxylation is 1. The minimum absolute atomic E-state index is 0.00755. The van der Waals surface area contributed by atoms with Crippen molar-refractivity contribution in [1.82, 2.24) is 9.55 Å². The molecule has 2 aromatic heterocycles. The lowest BCUT2D eigenvalue weighted by Gasteiger charge is -2.08. The molecule has 0 aliphatic rings. The summed E-state index contributed by atoms with van der Waals surface area (Å²) in [5.74, 6) is -1.34. The number of aromatic nitrogens is 2. The lowest BCUT2D eigenvalue weighted by molar-refractivity contribution is -0.137.